The Bertz CT molecular complexity index is 336. The zero-order chi connectivity index (χ0) is 13.7. The highest BCUT2D eigenvalue weighted by molar-refractivity contribution is 5.83. The summed E-state index contributed by atoms with van der Waals surface area (Å²) in [6, 6.07) is -1.07. The number of ether oxygens (including phenoxy) is 1. The smallest absolute Gasteiger partial charge is 0.328 e. The Hall–Kier alpha value is -1.79. The minimum absolute atomic E-state index is 0.364. The summed E-state index contributed by atoms with van der Waals surface area (Å²) >= 11 is 0. The van der Waals surface area contributed by atoms with Gasteiger partial charge in [0.2, 0.25) is 0 Å². The molecule has 2 N–H and O–H groups in total. The second-order valence-electron chi connectivity index (χ2n) is 4.29. The van der Waals surface area contributed by atoms with Gasteiger partial charge < -0.3 is 20.1 Å². The third kappa shape index (κ3) is 3.61. The van der Waals surface area contributed by atoms with Gasteiger partial charge in [0.25, 0.3) is 0 Å². The molecule has 1 aliphatic heterocycles. The highest BCUT2D eigenvalue weighted by Gasteiger charge is 2.28. The minimum Gasteiger partial charge on any atom is -0.481 e. The van der Waals surface area contributed by atoms with Crippen LogP contribution in [0.25, 0.3) is 0 Å². The molecule has 0 spiro atoms. The summed E-state index contributed by atoms with van der Waals surface area (Å²) in [5.41, 5.74) is 0. The van der Waals surface area contributed by atoms with E-state index in [-0.39, 0.29) is 11.9 Å². The van der Waals surface area contributed by atoms with Gasteiger partial charge in [-0.15, -0.1) is 0 Å². The lowest BCUT2D eigenvalue weighted by molar-refractivity contribution is -0.143. The molecule has 1 heterocycles. The van der Waals surface area contributed by atoms with Gasteiger partial charge >= 0.3 is 18.0 Å². The fourth-order valence-electron chi connectivity index (χ4n) is 1.84. The molecule has 7 nitrogen and oxygen atoms in total. The summed E-state index contributed by atoms with van der Waals surface area (Å²) in [4.78, 5) is 35.2. The lowest BCUT2D eigenvalue weighted by atomic mass is 9.97. The average molecular weight is 258 g/mol. The monoisotopic (exact) mass is 258 g/mol. The number of piperidine rings is 1. The summed E-state index contributed by atoms with van der Waals surface area (Å²) < 4.78 is 4.50. The number of carboxylic acid groups (broad SMARTS) is 1. The number of carbonyl (C=O) groups excluding carboxylic acids is 2. The molecule has 7 heteroatoms. The van der Waals surface area contributed by atoms with Crippen LogP contribution in [0.4, 0.5) is 4.79 Å². The molecule has 2 amide bonds. The van der Waals surface area contributed by atoms with E-state index < -0.39 is 18.0 Å². The van der Waals surface area contributed by atoms with Crippen LogP contribution in [0.2, 0.25) is 0 Å². The van der Waals surface area contributed by atoms with Crippen molar-refractivity contribution in [3.8, 4) is 0 Å². The number of hydrogen-bond donors (Lipinski definition) is 2. The van der Waals surface area contributed by atoms with Gasteiger partial charge in [0.1, 0.15) is 6.04 Å². The highest BCUT2D eigenvalue weighted by Crippen LogP contribution is 2.17. The quantitative estimate of drug-likeness (QED) is 0.697. The Kier molecular flexibility index (Phi) is 4.94. The molecule has 0 aromatic carbocycles. The van der Waals surface area contributed by atoms with Gasteiger partial charge in [-0.1, -0.05) is 0 Å². The van der Waals surface area contributed by atoms with E-state index in [1.54, 1.807) is 0 Å². The number of carbonyl (C=O) groups is 3. The van der Waals surface area contributed by atoms with Crippen molar-refractivity contribution in [3.05, 3.63) is 0 Å². The van der Waals surface area contributed by atoms with E-state index in [9.17, 15) is 14.4 Å². The van der Waals surface area contributed by atoms with Crippen LogP contribution >= 0.6 is 0 Å². The molecule has 1 atom stereocenters. The number of amides is 2. The summed E-state index contributed by atoms with van der Waals surface area (Å²) in [5.74, 6) is -1.71. The van der Waals surface area contributed by atoms with Crippen LogP contribution < -0.4 is 5.32 Å². The summed E-state index contributed by atoms with van der Waals surface area (Å²) in [7, 11) is 1.25. The zero-order valence-electron chi connectivity index (χ0n) is 10.5. The number of esters is 1. The highest BCUT2D eigenvalue weighted by atomic mass is 16.5. The van der Waals surface area contributed by atoms with E-state index in [1.165, 1.54) is 18.9 Å². The Morgan fingerprint density at radius 2 is 1.89 bits per heavy atom. The van der Waals surface area contributed by atoms with Crippen molar-refractivity contribution in [2.24, 2.45) is 5.92 Å². The second kappa shape index (κ2) is 6.23. The predicted molar refractivity (Wildman–Crippen MR) is 61.9 cm³/mol. The summed E-state index contributed by atoms with van der Waals surface area (Å²) in [6.45, 7) is 2.31. The van der Waals surface area contributed by atoms with Gasteiger partial charge in [0.15, 0.2) is 0 Å². The molecule has 1 fully saturated rings. The van der Waals surface area contributed by atoms with E-state index in [0.29, 0.717) is 25.9 Å². The van der Waals surface area contributed by atoms with Crippen LogP contribution in [0.1, 0.15) is 19.8 Å². The molecule has 1 rings (SSSR count). The topological polar surface area (TPSA) is 95.9 Å². The Morgan fingerprint density at radius 1 is 1.33 bits per heavy atom. The number of rotatable bonds is 3. The molecular formula is C11H18N2O5. The van der Waals surface area contributed by atoms with Crippen LogP contribution in [0.15, 0.2) is 0 Å². The molecule has 0 aromatic rings. The van der Waals surface area contributed by atoms with Crippen molar-refractivity contribution < 1.29 is 24.2 Å². The van der Waals surface area contributed by atoms with Crippen molar-refractivity contribution >= 4 is 18.0 Å². The number of aliphatic carboxylic acids is 1. The number of carboxylic acids is 1. The van der Waals surface area contributed by atoms with Crippen molar-refractivity contribution in [3.63, 3.8) is 0 Å². The third-order valence-electron chi connectivity index (χ3n) is 3.03. The molecule has 0 bridgehead atoms. The maximum Gasteiger partial charge on any atom is 0.328 e. The largest absolute Gasteiger partial charge is 0.481 e. The van der Waals surface area contributed by atoms with Crippen LogP contribution in [-0.2, 0) is 14.3 Å². The molecular weight excluding hydrogens is 240 g/mol. The lowest BCUT2D eigenvalue weighted by Crippen LogP contribution is -2.49. The van der Waals surface area contributed by atoms with Gasteiger partial charge in [-0.2, -0.15) is 0 Å². The number of urea groups is 1. The van der Waals surface area contributed by atoms with Crippen molar-refractivity contribution in [2.45, 2.75) is 25.8 Å². The molecule has 0 radical (unpaired) electrons. The molecule has 0 aromatic heterocycles. The number of likely N-dealkylation sites (tertiary alicyclic amines) is 1. The van der Waals surface area contributed by atoms with Gasteiger partial charge in [-0.25, -0.2) is 9.59 Å². The van der Waals surface area contributed by atoms with Gasteiger partial charge in [-0.3, -0.25) is 4.79 Å². The van der Waals surface area contributed by atoms with Crippen molar-refractivity contribution in [1.29, 1.82) is 0 Å². The van der Waals surface area contributed by atoms with Crippen LogP contribution in [-0.4, -0.2) is 54.2 Å². The molecule has 0 aliphatic carbocycles. The SMILES string of the molecule is COC(=O)C(C)NC(=O)N1CCC(C(=O)O)CC1. The second-order valence-corrected chi connectivity index (χ2v) is 4.29. The summed E-state index contributed by atoms with van der Waals surface area (Å²) in [5, 5.41) is 11.3. The van der Waals surface area contributed by atoms with E-state index >= 15 is 0 Å². The molecule has 1 saturated heterocycles. The fraction of sp³-hybridized carbons (Fsp3) is 0.727. The predicted octanol–water partition coefficient (Wildman–Crippen LogP) is 0.0541. The third-order valence-corrected chi connectivity index (χ3v) is 3.03. The maximum atomic E-state index is 11.8. The first-order valence-electron chi connectivity index (χ1n) is 5.81. The maximum absolute atomic E-state index is 11.8. The average Bonchev–Trinajstić information content (AvgIpc) is 2.37. The van der Waals surface area contributed by atoms with E-state index in [1.807, 2.05) is 0 Å². The summed E-state index contributed by atoms with van der Waals surface area (Å²) in [6.07, 6.45) is 0.880. The molecule has 1 aliphatic rings. The van der Waals surface area contributed by atoms with E-state index in [2.05, 4.69) is 10.1 Å². The van der Waals surface area contributed by atoms with Gasteiger partial charge in [0.05, 0.1) is 13.0 Å². The Morgan fingerprint density at radius 3 is 2.33 bits per heavy atom. The van der Waals surface area contributed by atoms with E-state index in [4.69, 9.17) is 5.11 Å². The van der Waals surface area contributed by atoms with Gasteiger partial charge in [0, 0.05) is 13.1 Å². The standard InChI is InChI=1S/C11H18N2O5/c1-7(10(16)18-2)12-11(17)13-5-3-8(4-6-13)9(14)15/h7-8H,3-6H2,1-2H3,(H,12,17)(H,14,15). The van der Waals surface area contributed by atoms with Crippen molar-refractivity contribution in [1.82, 2.24) is 10.2 Å². The lowest BCUT2D eigenvalue weighted by Gasteiger charge is -2.30. The molecule has 0 saturated carbocycles. The molecule has 1 unspecified atom stereocenters. The number of nitrogens with one attached hydrogen (secondary N) is 1. The van der Waals surface area contributed by atoms with E-state index in [0.717, 1.165) is 0 Å². The van der Waals surface area contributed by atoms with Crippen LogP contribution in [0.3, 0.4) is 0 Å². The zero-order valence-corrected chi connectivity index (χ0v) is 10.5. The first-order valence-corrected chi connectivity index (χ1v) is 5.81. The van der Waals surface area contributed by atoms with Gasteiger partial charge in [-0.05, 0) is 19.8 Å². The number of hydrogen-bond acceptors (Lipinski definition) is 4. The van der Waals surface area contributed by atoms with Crippen LogP contribution in [0.5, 0.6) is 0 Å². The molecule has 102 valence electrons. The Labute approximate surface area is 105 Å². The van der Waals surface area contributed by atoms with Crippen LogP contribution in [0, 0.1) is 5.92 Å². The Balaban J connectivity index is 2.41. The molecule has 18 heavy (non-hydrogen) atoms. The first-order chi connectivity index (χ1) is 8.45. The number of methoxy groups -OCH3 is 1. The normalized spacial score (nSPS) is 18.0. The number of nitrogens with zero attached hydrogens (tertiary/aromatic N) is 1. The first kappa shape index (κ1) is 14.3. The van der Waals surface area contributed by atoms with Crippen molar-refractivity contribution in [2.75, 3.05) is 20.2 Å². The fourth-order valence-corrected chi connectivity index (χ4v) is 1.84. The minimum atomic E-state index is -0.821.